The maximum absolute atomic E-state index is 13.5. The smallest absolute Gasteiger partial charge is 0.260 e. The Morgan fingerprint density at radius 3 is 2.48 bits per heavy atom. The van der Waals surface area contributed by atoms with Crippen LogP contribution in [-0.4, -0.2) is 15.9 Å². The van der Waals surface area contributed by atoms with E-state index in [1.54, 1.807) is 22.4 Å². The monoisotopic (exact) mass is 401 g/mol. The number of pyridine rings is 1. The molecule has 29 heavy (non-hydrogen) atoms. The number of carbonyl (C=O) groups is 1. The van der Waals surface area contributed by atoms with Gasteiger partial charge in [0.1, 0.15) is 0 Å². The molecule has 0 saturated carbocycles. The topological polar surface area (TPSA) is 46.1 Å². The van der Waals surface area contributed by atoms with Gasteiger partial charge in [0, 0.05) is 11.8 Å². The summed E-state index contributed by atoms with van der Waals surface area (Å²) in [4.78, 5) is 24.5. The van der Waals surface area contributed by atoms with Gasteiger partial charge in [0.05, 0.1) is 22.5 Å². The molecule has 0 bridgehead atoms. The summed E-state index contributed by atoms with van der Waals surface area (Å²) < 4.78 is 1.09. The van der Waals surface area contributed by atoms with Gasteiger partial charge >= 0.3 is 0 Å². The Labute approximate surface area is 174 Å². The molecule has 0 aliphatic carbocycles. The van der Waals surface area contributed by atoms with E-state index in [9.17, 15) is 4.79 Å². The van der Waals surface area contributed by atoms with Gasteiger partial charge in [0.2, 0.25) is 0 Å². The Kier molecular flexibility index (Phi) is 5.16. The summed E-state index contributed by atoms with van der Waals surface area (Å²) >= 11 is 1.54. The van der Waals surface area contributed by atoms with Gasteiger partial charge < -0.3 is 0 Å². The lowest BCUT2D eigenvalue weighted by atomic mass is 10.1. The van der Waals surface area contributed by atoms with Crippen LogP contribution < -0.4 is 4.90 Å². The Hall–Kier alpha value is -3.05. The number of amides is 1. The number of aromatic nitrogens is 2. The zero-order valence-electron chi connectivity index (χ0n) is 17.1. The second-order valence-corrected chi connectivity index (χ2v) is 8.37. The molecule has 2 heterocycles. The number of hydrogen-bond acceptors (Lipinski definition) is 4. The first kappa shape index (κ1) is 19.3. The fourth-order valence-electron chi connectivity index (χ4n) is 3.24. The zero-order valence-corrected chi connectivity index (χ0v) is 17.9. The molecule has 0 spiro atoms. The van der Waals surface area contributed by atoms with Gasteiger partial charge in [0.25, 0.3) is 5.91 Å². The fourth-order valence-corrected chi connectivity index (χ4v) is 4.26. The zero-order chi connectivity index (χ0) is 20.5. The standard InChI is InChI=1S/C24H23N3OS/c1-15-8-10-19(13-17(15)3)23(28)27(14-20-7-5-6-12-25-20)24-26-22-18(4)16(2)9-11-21(22)29-24/h5-13H,14H2,1-4H3. The highest BCUT2D eigenvalue weighted by Gasteiger charge is 2.23. The van der Waals surface area contributed by atoms with Crippen molar-refractivity contribution in [1.29, 1.82) is 0 Å². The first-order valence-corrected chi connectivity index (χ1v) is 10.4. The molecule has 0 radical (unpaired) electrons. The molecule has 0 atom stereocenters. The number of nitrogens with zero attached hydrogens (tertiary/aromatic N) is 3. The fraction of sp³-hybridized carbons (Fsp3) is 0.208. The van der Waals surface area contributed by atoms with Crippen molar-refractivity contribution in [3.05, 3.63) is 88.2 Å². The number of thiazole rings is 1. The van der Waals surface area contributed by atoms with Crippen molar-refractivity contribution >= 4 is 32.6 Å². The molecule has 4 aromatic rings. The predicted molar refractivity (Wildman–Crippen MR) is 120 cm³/mol. The Balaban J connectivity index is 1.80. The van der Waals surface area contributed by atoms with Gasteiger partial charge in [-0.15, -0.1) is 0 Å². The van der Waals surface area contributed by atoms with Gasteiger partial charge in [-0.05, 0) is 80.3 Å². The minimum Gasteiger partial charge on any atom is -0.278 e. The van der Waals surface area contributed by atoms with Crippen LogP contribution in [0.5, 0.6) is 0 Å². The van der Waals surface area contributed by atoms with Crippen LogP contribution >= 0.6 is 11.3 Å². The molecule has 2 aromatic carbocycles. The maximum Gasteiger partial charge on any atom is 0.260 e. The average Bonchev–Trinajstić information content (AvgIpc) is 3.16. The third-order valence-electron chi connectivity index (χ3n) is 5.35. The van der Waals surface area contributed by atoms with Crippen molar-refractivity contribution in [3.63, 3.8) is 0 Å². The number of anilines is 1. The molecule has 0 aliphatic rings. The molecule has 146 valence electrons. The van der Waals surface area contributed by atoms with Crippen molar-refractivity contribution in [2.24, 2.45) is 0 Å². The summed E-state index contributed by atoms with van der Waals surface area (Å²) in [7, 11) is 0. The molecule has 5 heteroatoms. The number of hydrogen-bond donors (Lipinski definition) is 0. The van der Waals surface area contributed by atoms with Crippen molar-refractivity contribution < 1.29 is 4.79 Å². The molecule has 4 rings (SSSR count). The Morgan fingerprint density at radius 2 is 1.76 bits per heavy atom. The van der Waals surface area contributed by atoms with Gasteiger partial charge in [-0.1, -0.05) is 29.5 Å². The Bertz CT molecular complexity index is 1200. The lowest BCUT2D eigenvalue weighted by Gasteiger charge is -2.20. The van der Waals surface area contributed by atoms with E-state index in [0.29, 0.717) is 17.2 Å². The molecule has 0 fully saturated rings. The van der Waals surface area contributed by atoms with E-state index < -0.39 is 0 Å². The van der Waals surface area contributed by atoms with Crippen LogP contribution in [0.1, 0.15) is 38.3 Å². The van der Waals surface area contributed by atoms with E-state index in [1.807, 2.05) is 50.2 Å². The highest BCUT2D eigenvalue weighted by Crippen LogP contribution is 2.33. The summed E-state index contributed by atoms with van der Waals surface area (Å²) in [6.45, 7) is 8.62. The highest BCUT2D eigenvalue weighted by molar-refractivity contribution is 7.22. The molecule has 0 aliphatic heterocycles. The van der Waals surface area contributed by atoms with Crippen LogP contribution in [0.2, 0.25) is 0 Å². The second kappa shape index (κ2) is 7.76. The first-order valence-electron chi connectivity index (χ1n) is 9.60. The van der Waals surface area contributed by atoms with Crippen LogP contribution in [0.3, 0.4) is 0 Å². The Morgan fingerprint density at radius 1 is 0.966 bits per heavy atom. The third kappa shape index (κ3) is 3.78. The molecular formula is C24H23N3OS. The number of rotatable bonds is 4. The van der Waals surface area contributed by atoms with E-state index >= 15 is 0 Å². The largest absolute Gasteiger partial charge is 0.278 e. The molecule has 0 N–H and O–H groups in total. The lowest BCUT2D eigenvalue weighted by Crippen LogP contribution is -2.30. The van der Waals surface area contributed by atoms with E-state index in [0.717, 1.165) is 27.0 Å². The normalized spacial score (nSPS) is 11.0. The van der Waals surface area contributed by atoms with Gasteiger partial charge in [-0.2, -0.15) is 0 Å². The summed E-state index contributed by atoms with van der Waals surface area (Å²) in [6, 6.07) is 15.8. The van der Waals surface area contributed by atoms with Crippen molar-refractivity contribution in [1.82, 2.24) is 9.97 Å². The third-order valence-corrected chi connectivity index (χ3v) is 6.39. The second-order valence-electron chi connectivity index (χ2n) is 7.36. The SMILES string of the molecule is Cc1ccc(C(=O)N(Cc2ccccn2)c2nc3c(C)c(C)ccc3s2)cc1C. The molecular weight excluding hydrogens is 378 g/mol. The van der Waals surface area contributed by atoms with E-state index in [1.165, 1.54) is 11.1 Å². The first-order chi connectivity index (χ1) is 13.9. The van der Waals surface area contributed by atoms with Crippen LogP contribution in [-0.2, 0) is 6.54 Å². The summed E-state index contributed by atoms with van der Waals surface area (Å²) in [6.07, 6.45) is 1.75. The van der Waals surface area contributed by atoms with Gasteiger partial charge in [0.15, 0.2) is 5.13 Å². The summed E-state index contributed by atoms with van der Waals surface area (Å²) in [5, 5.41) is 0.697. The lowest BCUT2D eigenvalue weighted by molar-refractivity contribution is 0.0984. The van der Waals surface area contributed by atoms with Crippen molar-refractivity contribution in [2.75, 3.05) is 4.90 Å². The molecule has 1 amide bonds. The van der Waals surface area contributed by atoms with Gasteiger partial charge in [-0.25, -0.2) is 4.98 Å². The van der Waals surface area contributed by atoms with E-state index in [4.69, 9.17) is 4.98 Å². The van der Waals surface area contributed by atoms with E-state index in [2.05, 4.69) is 31.0 Å². The number of carbonyl (C=O) groups excluding carboxylic acids is 1. The van der Waals surface area contributed by atoms with Crippen molar-refractivity contribution in [2.45, 2.75) is 34.2 Å². The molecule has 2 aromatic heterocycles. The molecule has 4 nitrogen and oxygen atoms in total. The predicted octanol–water partition coefficient (Wildman–Crippen LogP) is 5.77. The average molecular weight is 402 g/mol. The molecule has 0 unspecified atom stereocenters. The number of benzene rings is 2. The van der Waals surface area contributed by atoms with Crippen LogP contribution in [0, 0.1) is 27.7 Å². The number of fused-ring (bicyclic) bond motifs is 1. The maximum atomic E-state index is 13.5. The summed E-state index contributed by atoms with van der Waals surface area (Å²) in [5.41, 5.74) is 7.08. The van der Waals surface area contributed by atoms with Gasteiger partial charge in [-0.3, -0.25) is 14.7 Å². The van der Waals surface area contributed by atoms with Crippen molar-refractivity contribution in [3.8, 4) is 0 Å². The van der Waals surface area contributed by atoms with Crippen LogP contribution in [0.25, 0.3) is 10.2 Å². The van der Waals surface area contributed by atoms with Crippen LogP contribution in [0.15, 0.2) is 54.7 Å². The number of aryl methyl sites for hydroxylation is 4. The highest BCUT2D eigenvalue weighted by atomic mass is 32.1. The van der Waals surface area contributed by atoms with E-state index in [-0.39, 0.29) is 5.91 Å². The quantitative estimate of drug-likeness (QED) is 0.436. The minimum atomic E-state index is -0.0628. The molecule has 0 saturated heterocycles. The summed E-state index contributed by atoms with van der Waals surface area (Å²) in [5.74, 6) is -0.0628. The van der Waals surface area contributed by atoms with Crippen LogP contribution in [0.4, 0.5) is 5.13 Å². The minimum absolute atomic E-state index is 0.0628.